The summed E-state index contributed by atoms with van der Waals surface area (Å²) in [5.74, 6) is -0.743. The third-order valence-corrected chi connectivity index (χ3v) is 4.36. The molecule has 0 saturated heterocycles. The van der Waals surface area contributed by atoms with Gasteiger partial charge in [0.05, 0.1) is 6.04 Å². The van der Waals surface area contributed by atoms with Crippen molar-refractivity contribution in [2.45, 2.75) is 38.8 Å². The van der Waals surface area contributed by atoms with Gasteiger partial charge < -0.3 is 20.9 Å². The topological polar surface area (TPSA) is 118 Å². The van der Waals surface area contributed by atoms with E-state index in [0.717, 1.165) is 4.90 Å². The standard InChI is InChI=1S/C22H27FN4O4/c1-6-7-18(26-20(28)31-22(2,3)4)16-10-13(12-25-19(16)23)15-9-8-14(11-17(15)24)27(5)21(29)30/h6,8-12,18H,1,7,24H2,2-5H3,(H,26,28)(H,29,30)/t18-/m0/s1. The zero-order chi connectivity index (χ0) is 23.3. The Balaban J connectivity index is 2.40. The maximum atomic E-state index is 14.6. The number of alkyl carbamates (subject to hydrolysis) is 1. The van der Waals surface area contributed by atoms with Gasteiger partial charge in [0, 0.05) is 41.3 Å². The van der Waals surface area contributed by atoms with E-state index in [2.05, 4.69) is 16.9 Å². The van der Waals surface area contributed by atoms with Crippen LogP contribution in [0.25, 0.3) is 11.1 Å². The average Bonchev–Trinajstić information content (AvgIpc) is 2.66. The molecule has 0 saturated carbocycles. The predicted molar refractivity (Wildman–Crippen MR) is 117 cm³/mol. The van der Waals surface area contributed by atoms with Crippen molar-refractivity contribution in [3.8, 4) is 11.1 Å². The van der Waals surface area contributed by atoms with E-state index in [1.54, 1.807) is 45.0 Å². The van der Waals surface area contributed by atoms with E-state index in [0.29, 0.717) is 22.5 Å². The molecule has 31 heavy (non-hydrogen) atoms. The molecule has 2 amide bonds. The van der Waals surface area contributed by atoms with E-state index in [1.807, 2.05) is 0 Å². The van der Waals surface area contributed by atoms with Crippen LogP contribution in [0, 0.1) is 5.95 Å². The number of rotatable bonds is 6. The molecular weight excluding hydrogens is 403 g/mol. The Kier molecular flexibility index (Phi) is 7.22. The maximum Gasteiger partial charge on any atom is 0.411 e. The van der Waals surface area contributed by atoms with Gasteiger partial charge in [-0.2, -0.15) is 4.39 Å². The maximum absolute atomic E-state index is 14.6. The zero-order valence-electron chi connectivity index (χ0n) is 18.0. The quantitative estimate of drug-likeness (QED) is 0.347. The van der Waals surface area contributed by atoms with E-state index in [-0.39, 0.29) is 12.0 Å². The number of carbonyl (C=O) groups excluding carboxylic acids is 1. The van der Waals surface area contributed by atoms with Gasteiger partial charge in [0.2, 0.25) is 5.95 Å². The number of carboxylic acid groups (broad SMARTS) is 1. The van der Waals surface area contributed by atoms with Gasteiger partial charge >= 0.3 is 12.2 Å². The fraction of sp³-hybridized carbons (Fsp3) is 0.318. The lowest BCUT2D eigenvalue weighted by atomic mass is 9.99. The molecule has 2 aromatic rings. The molecule has 1 aromatic carbocycles. The highest BCUT2D eigenvalue weighted by atomic mass is 19.1. The summed E-state index contributed by atoms with van der Waals surface area (Å²) in [7, 11) is 1.40. The van der Waals surface area contributed by atoms with E-state index in [9.17, 15) is 14.0 Å². The molecule has 1 aromatic heterocycles. The van der Waals surface area contributed by atoms with E-state index in [1.165, 1.54) is 19.3 Å². The Labute approximate surface area is 180 Å². The van der Waals surface area contributed by atoms with Crippen molar-refractivity contribution in [3.05, 3.63) is 54.6 Å². The minimum absolute atomic E-state index is 0.148. The molecule has 1 atom stereocenters. The number of benzene rings is 1. The van der Waals surface area contributed by atoms with Crippen molar-refractivity contribution in [1.29, 1.82) is 0 Å². The summed E-state index contributed by atoms with van der Waals surface area (Å²) < 4.78 is 19.8. The zero-order valence-corrected chi connectivity index (χ0v) is 18.0. The minimum Gasteiger partial charge on any atom is -0.465 e. The molecule has 0 radical (unpaired) electrons. The van der Waals surface area contributed by atoms with Gasteiger partial charge in [0.15, 0.2) is 0 Å². The van der Waals surface area contributed by atoms with Crippen molar-refractivity contribution < 1.29 is 23.8 Å². The van der Waals surface area contributed by atoms with E-state index >= 15 is 0 Å². The lowest BCUT2D eigenvalue weighted by molar-refractivity contribution is 0.0503. The lowest BCUT2D eigenvalue weighted by Crippen LogP contribution is -2.35. The summed E-state index contributed by atoms with van der Waals surface area (Å²) >= 11 is 0. The molecule has 0 aliphatic heterocycles. The van der Waals surface area contributed by atoms with Gasteiger partial charge in [-0.1, -0.05) is 12.1 Å². The average molecular weight is 430 g/mol. The molecular formula is C22H27FN4O4. The number of nitrogen functional groups attached to an aromatic ring is 1. The monoisotopic (exact) mass is 430 g/mol. The minimum atomic E-state index is -1.13. The normalized spacial score (nSPS) is 12.0. The van der Waals surface area contributed by atoms with Crippen LogP contribution in [0.3, 0.4) is 0 Å². The van der Waals surface area contributed by atoms with Gasteiger partial charge in [-0.05, 0) is 45.4 Å². The number of carbonyl (C=O) groups is 2. The number of nitrogens with two attached hydrogens (primary N) is 1. The highest BCUT2D eigenvalue weighted by Crippen LogP contribution is 2.32. The first-order chi connectivity index (χ1) is 14.4. The van der Waals surface area contributed by atoms with Crippen molar-refractivity contribution in [1.82, 2.24) is 10.3 Å². The van der Waals surface area contributed by atoms with Gasteiger partial charge in [-0.15, -0.1) is 6.58 Å². The van der Waals surface area contributed by atoms with Crippen molar-refractivity contribution in [3.63, 3.8) is 0 Å². The molecule has 8 nitrogen and oxygen atoms in total. The smallest absolute Gasteiger partial charge is 0.411 e. The molecule has 1 heterocycles. The Morgan fingerprint density at radius 3 is 2.61 bits per heavy atom. The molecule has 0 fully saturated rings. The van der Waals surface area contributed by atoms with Gasteiger partial charge in [-0.25, -0.2) is 14.6 Å². The summed E-state index contributed by atoms with van der Waals surface area (Å²) in [5, 5.41) is 11.8. The second kappa shape index (κ2) is 9.46. The van der Waals surface area contributed by atoms with Crippen LogP contribution in [0.1, 0.15) is 38.8 Å². The predicted octanol–water partition coefficient (Wildman–Crippen LogP) is 4.73. The molecule has 9 heteroatoms. The van der Waals surface area contributed by atoms with Gasteiger partial charge in [0.25, 0.3) is 0 Å². The first kappa shape index (κ1) is 23.7. The fourth-order valence-electron chi connectivity index (χ4n) is 2.87. The Morgan fingerprint density at radius 2 is 2.06 bits per heavy atom. The molecule has 0 aliphatic rings. The number of nitrogens with one attached hydrogen (secondary N) is 1. The molecule has 0 aliphatic carbocycles. The first-order valence-corrected chi connectivity index (χ1v) is 9.55. The van der Waals surface area contributed by atoms with Crippen LogP contribution in [0.15, 0.2) is 43.1 Å². The second-order valence-corrected chi connectivity index (χ2v) is 7.94. The van der Waals surface area contributed by atoms with E-state index in [4.69, 9.17) is 15.6 Å². The van der Waals surface area contributed by atoms with Crippen LogP contribution in [0.4, 0.5) is 25.4 Å². The number of amides is 2. The summed E-state index contributed by atoms with van der Waals surface area (Å²) in [6.07, 6.45) is 1.31. The second-order valence-electron chi connectivity index (χ2n) is 7.94. The van der Waals surface area contributed by atoms with Crippen molar-refractivity contribution >= 4 is 23.6 Å². The number of aromatic nitrogens is 1. The van der Waals surface area contributed by atoms with Crippen molar-refractivity contribution in [2.24, 2.45) is 0 Å². The number of pyridine rings is 1. The third kappa shape index (κ3) is 6.18. The van der Waals surface area contributed by atoms with Crippen LogP contribution in [-0.4, -0.2) is 34.9 Å². The van der Waals surface area contributed by atoms with Crippen LogP contribution >= 0.6 is 0 Å². The molecule has 4 N–H and O–H groups in total. The van der Waals surface area contributed by atoms with Crippen LogP contribution in [0.2, 0.25) is 0 Å². The number of nitrogens with zero attached hydrogens (tertiary/aromatic N) is 2. The van der Waals surface area contributed by atoms with Crippen LogP contribution < -0.4 is 16.0 Å². The van der Waals surface area contributed by atoms with Gasteiger partial charge in [-0.3, -0.25) is 4.90 Å². The first-order valence-electron chi connectivity index (χ1n) is 9.55. The van der Waals surface area contributed by atoms with Crippen LogP contribution in [-0.2, 0) is 4.74 Å². The summed E-state index contributed by atoms with van der Waals surface area (Å²) in [6.45, 7) is 8.85. The molecule has 0 spiro atoms. The summed E-state index contributed by atoms with van der Waals surface area (Å²) in [5.41, 5.74) is 7.30. The number of anilines is 2. The highest BCUT2D eigenvalue weighted by molar-refractivity contribution is 5.88. The molecule has 0 unspecified atom stereocenters. The number of ether oxygens (including phenoxy) is 1. The SMILES string of the molecule is C=CC[C@H](NC(=O)OC(C)(C)C)c1cc(-c2ccc(N(C)C(=O)O)cc2N)cnc1F. The van der Waals surface area contributed by atoms with Gasteiger partial charge in [0.1, 0.15) is 5.60 Å². The van der Waals surface area contributed by atoms with Crippen molar-refractivity contribution in [2.75, 3.05) is 17.7 Å². The number of hydrogen-bond donors (Lipinski definition) is 3. The van der Waals surface area contributed by atoms with Crippen LogP contribution in [0.5, 0.6) is 0 Å². The summed E-state index contributed by atoms with van der Waals surface area (Å²) in [6, 6.07) is 5.51. The Bertz CT molecular complexity index is 988. The Hall–Kier alpha value is -3.62. The third-order valence-electron chi connectivity index (χ3n) is 4.36. The molecule has 2 rings (SSSR count). The highest BCUT2D eigenvalue weighted by Gasteiger charge is 2.23. The number of hydrogen-bond acceptors (Lipinski definition) is 5. The Morgan fingerprint density at radius 1 is 1.39 bits per heavy atom. The molecule has 166 valence electrons. The molecule has 0 bridgehead atoms. The number of halogens is 1. The lowest BCUT2D eigenvalue weighted by Gasteiger charge is -2.23. The summed E-state index contributed by atoms with van der Waals surface area (Å²) in [4.78, 5) is 28.2. The fourth-order valence-corrected chi connectivity index (χ4v) is 2.87. The van der Waals surface area contributed by atoms with E-state index < -0.39 is 29.8 Å². The largest absolute Gasteiger partial charge is 0.465 e.